The molecule has 0 radical (unpaired) electrons. The summed E-state index contributed by atoms with van der Waals surface area (Å²) < 4.78 is 6.25. The first-order valence-electron chi connectivity index (χ1n) is 5.09. The van der Waals surface area contributed by atoms with E-state index in [-0.39, 0.29) is 6.42 Å². The fourth-order valence-corrected chi connectivity index (χ4v) is 2.79. The molecule has 0 unspecified atom stereocenters. The summed E-state index contributed by atoms with van der Waals surface area (Å²) in [6.07, 6.45) is 1.04. The first-order valence-corrected chi connectivity index (χ1v) is 6.95. The van der Waals surface area contributed by atoms with Crippen LogP contribution in [-0.4, -0.2) is 35.0 Å². The van der Waals surface area contributed by atoms with Crippen molar-refractivity contribution in [1.82, 2.24) is 4.98 Å². The van der Waals surface area contributed by atoms with Gasteiger partial charge in [-0.25, -0.2) is 4.98 Å². The van der Waals surface area contributed by atoms with Crippen molar-refractivity contribution in [3.05, 3.63) is 11.1 Å². The highest BCUT2D eigenvalue weighted by molar-refractivity contribution is 8.01. The minimum atomic E-state index is -0.840. The predicted molar refractivity (Wildman–Crippen MR) is 65.3 cm³/mol. The number of hydrogen-bond donors (Lipinski definition) is 1. The van der Waals surface area contributed by atoms with Gasteiger partial charge < -0.3 is 9.84 Å². The minimum Gasteiger partial charge on any atom is -0.481 e. The molecular weight excluding hydrogens is 246 g/mol. The van der Waals surface area contributed by atoms with Gasteiger partial charge >= 0.3 is 5.97 Å². The van der Waals surface area contributed by atoms with E-state index in [1.165, 1.54) is 11.3 Å². The van der Waals surface area contributed by atoms with Crippen LogP contribution < -0.4 is 0 Å². The number of thiazole rings is 1. The second-order valence-electron chi connectivity index (χ2n) is 3.14. The predicted octanol–water partition coefficient (Wildman–Crippen LogP) is 2.29. The van der Waals surface area contributed by atoms with Gasteiger partial charge in [-0.05, 0) is 6.42 Å². The van der Waals surface area contributed by atoms with E-state index in [9.17, 15) is 4.79 Å². The fourth-order valence-electron chi connectivity index (χ4n) is 1.03. The lowest BCUT2D eigenvalue weighted by molar-refractivity contribution is -0.136. The van der Waals surface area contributed by atoms with Crippen molar-refractivity contribution in [1.29, 1.82) is 0 Å². The number of aliphatic carboxylic acids is 1. The van der Waals surface area contributed by atoms with Gasteiger partial charge in [0.1, 0.15) is 4.34 Å². The molecule has 1 N–H and O–H groups in total. The summed E-state index contributed by atoms with van der Waals surface area (Å²) >= 11 is 3.10. The molecule has 0 atom stereocenters. The minimum absolute atomic E-state index is 0.00337. The number of thioether (sulfide) groups is 1. The molecule has 16 heavy (non-hydrogen) atoms. The molecule has 0 bridgehead atoms. The van der Waals surface area contributed by atoms with Gasteiger partial charge in [0.15, 0.2) is 0 Å². The average molecular weight is 261 g/mol. The van der Waals surface area contributed by atoms with Crippen molar-refractivity contribution >= 4 is 29.1 Å². The van der Waals surface area contributed by atoms with Gasteiger partial charge in [-0.3, -0.25) is 4.79 Å². The highest BCUT2D eigenvalue weighted by Gasteiger charge is 2.06. The van der Waals surface area contributed by atoms with Crippen molar-refractivity contribution in [3.8, 4) is 0 Å². The monoisotopic (exact) mass is 261 g/mol. The van der Waals surface area contributed by atoms with E-state index in [0.29, 0.717) is 12.3 Å². The number of carbonyl (C=O) groups is 1. The number of rotatable bonds is 8. The van der Waals surface area contributed by atoms with Gasteiger partial charge in [-0.2, -0.15) is 0 Å². The van der Waals surface area contributed by atoms with E-state index in [4.69, 9.17) is 9.84 Å². The Bertz CT molecular complexity index is 328. The average Bonchev–Trinajstić information content (AvgIpc) is 2.64. The Morgan fingerprint density at radius 1 is 1.62 bits per heavy atom. The molecule has 1 aromatic rings. The van der Waals surface area contributed by atoms with Crippen LogP contribution in [0.25, 0.3) is 0 Å². The van der Waals surface area contributed by atoms with Gasteiger partial charge in [0.05, 0.1) is 18.7 Å². The van der Waals surface area contributed by atoms with E-state index in [0.717, 1.165) is 23.1 Å². The molecule has 90 valence electrons. The summed E-state index contributed by atoms with van der Waals surface area (Å²) in [7, 11) is 0. The molecule has 0 saturated heterocycles. The lowest BCUT2D eigenvalue weighted by Crippen LogP contribution is -2.00. The molecule has 0 aliphatic heterocycles. The Balaban J connectivity index is 2.21. The number of aromatic nitrogens is 1. The van der Waals surface area contributed by atoms with E-state index in [1.54, 1.807) is 17.1 Å². The standard InChI is InChI=1S/C10H15NO3S2/c1-2-3-14-4-5-15-10-11-8(7-16-10)6-9(12)13/h7H,2-6H2,1H3,(H,12,13). The lowest BCUT2D eigenvalue weighted by atomic mass is 10.3. The first kappa shape index (κ1) is 13.5. The van der Waals surface area contributed by atoms with Gasteiger partial charge in [0.25, 0.3) is 0 Å². The summed E-state index contributed by atoms with van der Waals surface area (Å²) in [5.74, 6) is 0.0214. The normalized spacial score (nSPS) is 10.6. The van der Waals surface area contributed by atoms with Crippen LogP contribution in [0.15, 0.2) is 9.72 Å². The SMILES string of the molecule is CCCOCCSc1nc(CC(=O)O)cs1. The highest BCUT2D eigenvalue weighted by atomic mass is 32.2. The molecule has 4 nitrogen and oxygen atoms in total. The third-order valence-electron chi connectivity index (χ3n) is 1.66. The molecular formula is C10H15NO3S2. The van der Waals surface area contributed by atoms with Crippen molar-refractivity contribution in [2.75, 3.05) is 19.0 Å². The Morgan fingerprint density at radius 2 is 2.44 bits per heavy atom. The maximum absolute atomic E-state index is 10.4. The van der Waals surface area contributed by atoms with Crippen molar-refractivity contribution in [3.63, 3.8) is 0 Å². The van der Waals surface area contributed by atoms with Gasteiger partial charge in [0.2, 0.25) is 0 Å². The zero-order valence-electron chi connectivity index (χ0n) is 9.14. The molecule has 0 aliphatic carbocycles. The number of carboxylic acids is 1. The van der Waals surface area contributed by atoms with Crippen molar-refractivity contribution < 1.29 is 14.6 Å². The van der Waals surface area contributed by atoms with Gasteiger partial charge in [0, 0.05) is 17.7 Å². The van der Waals surface area contributed by atoms with Crippen molar-refractivity contribution in [2.45, 2.75) is 24.1 Å². The molecule has 1 rings (SSSR count). The molecule has 0 amide bonds. The van der Waals surface area contributed by atoms with Crippen LogP contribution in [0.2, 0.25) is 0 Å². The zero-order chi connectivity index (χ0) is 11.8. The Morgan fingerprint density at radius 3 is 3.12 bits per heavy atom. The second-order valence-corrected chi connectivity index (χ2v) is 5.34. The molecule has 0 aromatic carbocycles. The Hall–Kier alpha value is -0.590. The maximum Gasteiger partial charge on any atom is 0.309 e. The van der Waals surface area contributed by atoms with Crippen LogP contribution in [-0.2, 0) is 16.0 Å². The molecule has 6 heteroatoms. The van der Waals surface area contributed by atoms with Crippen LogP contribution >= 0.6 is 23.1 Å². The third-order valence-corrected chi connectivity index (χ3v) is 3.70. The first-order chi connectivity index (χ1) is 7.72. The molecule has 1 heterocycles. The number of hydrogen-bond acceptors (Lipinski definition) is 5. The van der Waals surface area contributed by atoms with E-state index >= 15 is 0 Å². The summed E-state index contributed by atoms with van der Waals surface area (Å²) in [5, 5.41) is 10.4. The molecule has 0 spiro atoms. The molecule has 0 fully saturated rings. The van der Waals surface area contributed by atoms with Crippen LogP contribution in [0.1, 0.15) is 19.0 Å². The number of nitrogens with zero attached hydrogens (tertiary/aromatic N) is 1. The molecule has 0 saturated carbocycles. The summed E-state index contributed by atoms with van der Waals surface area (Å²) in [6, 6.07) is 0. The Kier molecular flexibility index (Phi) is 6.44. The maximum atomic E-state index is 10.4. The molecule has 1 aromatic heterocycles. The number of carboxylic acid groups (broad SMARTS) is 1. The smallest absolute Gasteiger partial charge is 0.309 e. The lowest BCUT2D eigenvalue weighted by Gasteiger charge is -1.99. The fraction of sp³-hybridized carbons (Fsp3) is 0.600. The van der Waals surface area contributed by atoms with E-state index < -0.39 is 5.97 Å². The van der Waals surface area contributed by atoms with Crippen LogP contribution in [0.3, 0.4) is 0 Å². The number of ether oxygens (including phenoxy) is 1. The third kappa shape index (κ3) is 5.48. The second kappa shape index (κ2) is 7.65. The van der Waals surface area contributed by atoms with Crippen LogP contribution in [0, 0.1) is 0 Å². The highest BCUT2D eigenvalue weighted by Crippen LogP contribution is 2.22. The van der Waals surface area contributed by atoms with Crippen LogP contribution in [0.5, 0.6) is 0 Å². The quantitative estimate of drug-likeness (QED) is 0.574. The summed E-state index contributed by atoms with van der Waals surface area (Å²) in [5.41, 5.74) is 0.634. The molecule has 0 aliphatic rings. The van der Waals surface area contributed by atoms with Gasteiger partial charge in [-0.1, -0.05) is 18.7 Å². The topological polar surface area (TPSA) is 59.4 Å². The van der Waals surface area contributed by atoms with Gasteiger partial charge in [-0.15, -0.1) is 11.3 Å². The van der Waals surface area contributed by atoms with Crippen molar-refractivity contribution in [2.24, 2.45) is 0 Å². The van der Waals surface area contributed by atoms with Crippen LogP contribution in [0.4, 0.5) is 0 Å². The Labute approximate surface area is 103 Å². The summed E-state index contributed by atoms with van der Waals surface area (Å²) in [4.78, 5) is 14.7. The van der Waals surface area contributed by atoms with E-state index in [1.807, 2.05) is 0 Å². The zero-order valence-corrected chi connectivity index (χ0v) is 10.8. The van der Waals surface area contributed by atoms with E-state index in [2.05, 4.69) is 11.9 Å². The largest absolute Gasteiger partial charge is 0.481 e. The summed E-state index contributed by atoms with van der Waals surface area (Å²) in [6.45, 7) is 3.58.